The maximum atomic E-state index is 4.76. The van der Waals surface area contributed by atoms with Gasteiger partial charge in [0.05, 0.1) is 10.6 Å². The first-order valence-electron chi connectivity index (χ1n) is 8.91. The Morgan fingerprint density at radius 2 is 1.81 bits per heavy atom. The molecule has 0 unspecified atom stereocenters. The van der Waals surface area contributed by atoms with E-state index in [2.05, 4.69) is 51.4 Å². The van der Waals surface area contributed by atoms with Crippen molar-refractivity contribution in [2.75, 3.05) is 38.5 Å². The Kier molecular flexibility index (Phi) is 5.24. The smallest absolute Gasteiger partial charge is 0.188 e. The summed E-state index contributed by atoms with van der Waals surface area (Å²) in [6.45, 7) is 5.35. The minimum Gasteiger partial charge on any atom is -0.316 e. The van der Waals surface area contributed by atoms with Crippen molar-refractivity contribution in [3.8, 4) is 10.4 Å². The van der Waals surface area contributed by atoms with Crippen LogP contribution in [0.25, 0.3) is 10.4 Å². The van der Waals surface area contributed by atoms with E-state index in [0.29, 0.717) is 0 Å². The van der Waals surface area contributed by atoms with Gasteiger partial charge in [-0.05, 0) is 24.7 Å². The lowest BCUT2D eigenvalue weighted by Gasteiger charge is -2.32. The number of hydrogen-bond donors (Lipinski definition) is 1. The number of likely N-dealkylation sites (N-methyl/N-ethyl adjacent to an activating group) is 1. The van der Waals surface area contributed by atoms with Crippen LogP contribution in [0.1, 0.15) is 5.69 Å². The van der Waals surface area contributed by atoms with Crippen LogP contribution in [0.3, 0.4) is 0 Å². The number of nitrogens with zero attached hydrogens (tertiary/aromatic N) is 4. The number of pyridine rings is 1. The highest BCUT2D eigenvalue weighted by Gasteiger charge is 2.14. The Morgan fingerprint density at radius 3 is 2.62 bits per heavy atom. The van der Waals surface area contributed by atoms with Gasteiger partial charge in [0.2, 0.25) is 0 Å². The Bertz CT molecular complexity index is 840. The van der Waals surface area contributed by atoms with Crippen molar-refractivity contribution in [3.05, 3.63) is 60.4 Å². The Labute approximate surface area is 158 Å². The summed E-state index contributed by atoms with van der Waals surface area (Å²) in [5, 5.41) is 4.22. The van der Waals surface area contributed by atoms with Gasteiger partial charge in [-0.1, -0.05) is 47.7 Å². The molecular weight excluding hydrogens is 342 g/mol. The first-order chi connectivity index (χ1) is 12.8. The van der Waals surface area contributed by atoms with Crippen molar-refractivity contribution >= 4 is 22.3 Å². The topological polar surface area (TPSA) is 44.3 Å². The summed E-state index contributed by atoms with van der Waals surface area (Å²) in [7, 11) is 2.18. The van der Waals surface area contributed by atoms with Crippen LogP contribution in [-0.4, -0.2) is 53.0 Å². The average molecular weight is 366 g/mol. The van der Waals surface area contributed by atoms with E-state index < -0.39 is 0 Å². The van der Waals surface area contributed by atoms with E-state index in [1.54, 1.807) is 11.3 Å². The van der Waals surface area contributed by atoms with Gasteiger partial charge in [-0.2, -0.15) is 0 Å². The molecule has 4 rings (SSSR count). The summed E-state index contributed by atoms with van der Waals surface area (Å²) in [4.78, 5) is 15.2. The average Bonchev–Trinajstić information content (AvgIpc) is 3.13. The number of rotatable bonds is 5. The molecule has 0 aliphatic carbocycles. The van der Waals surface area contributed by atoms with E-state index in [1.165, 1.54) is 5.56 Å². The molecule has 134 valence electrons. The van der Waals surface area contributed by atoms with E-state index in [1.807, 2.05) is 30.5 Å². The number of nitrogens with one attached hydrogen (secondary N) is 1. The van der Waals surface area contributed by atoms with E-state index in [4.69, 9.17) is 4.98 Å². The predicted molar refractivity (Wildman–Crippen MR) is 108 cm³/mol. The molecule has 3 heterocycles. The molecule has 1 aromatic carbocycles. The maximum absolute atomic E-state index is 4.76. The van der Waals surface area contributed by atoms with E-state index in [9.17, 15) is 0 Å². The zero-order chi connectivity index (χ0) is 17.8. The van der Waals surface area contributed by atoms with E-state index >= 15 is 0 Å². The maximum Gasteiger partial charge on any atom is 0.188 e. The fourth-order valence-electron chi connectivity index (χ4n) is 3.05. The number of benzene rings is 1. The molecule has 0 bridgehead atoms. The Balaban J connectivity index is 1.42. The van der Waals surface area contributed by atoms with Crippen molar-refractivity contribution in [1.29, 1.82) is 0 Å². The molecule has 1 aliphatic heterocycles. The molecule has 1 N–H and O–H groups in total. The van der Waals surface area contributed by atoms with Gasteiger partial charge in [-0.3, -0.25) is 4.90 Å². The molecule has 2 aromatic heterocycles. The van der Waals surface area contributed by atoms with Gasteiger partial charge < -0.3 is 10.2 Å². The van der Waals surface area contributed by atoms with Gasteiger partial charge in [-0.25, -0.2) is 9.97 Å². The summed E-state index contributed by atoms with van der Waals surface area (Å²) in [5.41, 5.74) is 2.29. The third-order valence-electron chi connectivity index (χ3n) is 4.59. The van der Waals surface area contributed by atoms with Crippen molar-refractivity contribution in [2.45, 2.75) is 6.54 Å². The second kappa shape index (κ2) is 7.95. The minimum atomic E-state index is 0.852. The van der Waals surface area contributed by atoms with Crippen molar-refractivity contribution < 1.29 is 0 Å². The van der Waals surface area contributed by atoms with E-state index in [-0.39, 0.29) is 0 Å². The van der Waals surface area contributed by atoms with Crippen molar-refractivity contribution in [2.24, 2.45) is 0 Å². The molecule has 5 nitrogen and oxygen atoms in total. The number of anilines is 2. The first kappa shape index (κ1) is 17.1. The minimum absolute atomic E-state index is 0.852. The lowest BCUT2D eigenvalue weighted by atomic mass is 10.2. The summed E-state index contributed by atoms with van der Waals surface area (Å²) in [5.74, 6) is 0.852. The quantitative estimate of drug-likeness (QED) is 0.747. The van der Waals surface area contributed by atoms with Crippen LogP contribution in [0.15, 0.2) is 54.7 Å². The highest BCUT2D eigenvalue weighted by molar-refractivity contribution is 7.18. The summed E-state index contributed by atoms with van der Waals surface area (Å²) >= 11 is 1.64. The fraction of sp³-hybridized carbons (Fsp3) is 0.300. The summed E-state index contributed by atoms with van der Waals surface area (Å²) in [6.07, 6.45) is 1.91. The van der Waals surface area contributed by atoms with Gasteiger partial charge >= 0.3 is 0 Å². The summed E-state index contributed by atoms with van der Waals surface area (Å²) in [6, 6.07) is 16.5. The second-order valence-electron chi connectivity index (χ2n) is 6.61. The van der Waals surface area contributed by atoms with Crippen LogP contribution < -0.4 is 5.32 Å². The molecule has 6 heteroatoms. The molecule has 1 aliphatic rings. The fourth-order valence-corrected chi connectivity index (χ4v) is 3.88. The third-order valence-corrected chi connectivity index (χ3v) is 5.55. The van der Waals surface area contributed by atoms with Gasteiger partial charge in [0, 0.05) is 38.9 Å². The number of hydrogen-bond acceptors (Lipinski definition) is 6. The molecule has 3 aromatic rings. The van der Waals surface area contributed by atoms with Gasteiger partial charge in [0.1, 0.15) is 5.82 Å². The molecule has 0 radical (unpaired) electrons. The molecule has 0 spiro atoms. The SMILES string of the molecule is CN1CCN(Cc2cccc(Nc3ncc(-c4ccccc4)s3)n2)CC1. The standard InChI is InChI=1S/C20H23N5S/c1-24-10-12-25(13-11-24)15-17-8-5-9-19(22-17)23-20-21-14-18(26-20)16-6-3-2-4-7-16/h2-9,14H,10-13,15H2,1H3,(H,21,22,23). The zero-order valence-corrected chi connectivity index (χ0v) is 15.7. The third kappa shape index (κ3) is 4.27. The lowest BCUT2D eigenvalue weighted by molar-refractivity contribution is 0.147. The predicted octanol–water partition coefficient (Wildman–Crippen LogP) is 3.70. The highest BCUT2D eigenvalue weighted by Crippen LogP contribution is 2.30. The Hall–Kier alpha value is -2.28. The zero-order valence-electron chi connectivity index (χ0n) is 14.9. The van der Waals surface area contributed by atoms with Crippen LogP contribution in [-0.2, 0) is 6.54 Å². The molecule has 0 saturated carbocycles. The molecule has 1 saturated heterocycles. The Morgan fingerprint density at radius 1 is 1.00 bits per heavy atom. The van der Waals surface area contributed by atoms with Gasteiger partial charge in [0.25, 0.3) is 0 Å². The van der Waals surface area contributed by atoms with Crippen LogP contribution in [0.5, 0.6) is 0 Å². The highest BCUT2D eigenvalue weighted by atomic mass is 32.1. The largest absolute Gasteiger partial charge is 0.316 e. The molecular formula is C20H23N5S. The summed E-state index contributed by atoms with van der Waals surface area (Å²) < 4.78 is 0. The lowest BCUT2D eigenvalue weighted by Crippen LogP contribution is -2.44. The normalized spacial score (nSPS) is 15.9. The van der Waals surface area contributed by atoms with E-state index in [0.717, 1.165) is 54.2 Å². The van der Waals surface area contributed by atoms with Crippen molar-refractivity contribution in [1.82, 2.24) is 19.8 Å². The molecule has 26 heavy (non-hydrogen) atoms. The van der Waals surface area contributed by atoms with Gasteiger partial charge in [-0.15, -0.1) is 0 Å². The van der Waals surface area contributed by atoms with Crippen LogP contribution in [0.2, 0.25) is 0 Å². The van der Waals surface area contributed by atoms with Crippen LogP contribution in [0.4, 0.5) is 10.9 Å². The van der Waals surface area contributed by atoms with Crippen molar-refractivity contribution in [3.63, 3.8) is 0 Å². The molecule has 1 fully saturated rings. The molecule has 0 amide bonds. The second-order valence-corrected chi connectivity index (χ2v) is 7.64. The van der Waals surface area contributed by atoms with Crippen LogP contribution in [0, 0.1) is 0 Å². The number of aromatic nitrogens is 2. The van der Waals surface area contributed by atoms with Crippen LogP contribution >= 0.6 is 11.3 Å². The number of piperazine rings is 1. The molecule has 0 atom stereocenters. The number of thiazole rings is 1. The monoisotopic (exact) mass is 365 g/mol. The first-order valence-corrected chi connectivity index (χ1v) is 9.73. The van der Waals surface area contributed by atoms with Gasteiger partial charge in [0.15, 0.2) is 5.13 Å².